The minimum atomic E-state index is -0.183. The van der Waals surface area contributed by atoms with Gasteiger partial charge in [0.05, 0.1) is 0 Å². The van der Waals surface area contributed by atoms with Gasteiger partial charge in [0.25, 0.3) is 0 Å². The van der Waals surface area contributed by atoms with Crippen molar-refractivity contribution in [2.24, 2.45) is 0 Å². The maximum atomic E-state index is 2.31. The summed E-state index contributed by atoms with van der Waals surface area (Å²) in [6.07, 6.45) is 0. The molecule has 26 heavy (non-hydrogen) atoms. The number of hydrogen-bond donors (Lipinski definition) is 0. The van der Waals surface area contributed by atoms with Crippen molar-refractivity contribution in [3.05, 3.63) is 132 Å². The van der Waals surface area contributed by atoms with Gasteiger partial charge in [-0.05, 0) is 34.7 Å². The van der Waals surface area contributed by atoms with Crippen molar-refractivity contribution in [1.29, 1.82) is 0 Å². The van der Waals surface area contributed by atoms with Gasteiger partial charge in [-0.1, -0.05) is 115 Å². The molecule has 0 saturated carbocycles. The number of rotatable bonds is 4. The molecule has 4 rings (SSSR count). The van der Waals surface area contributed by atoms with Crippen LogP contribution in [0.5, 0.6) is 0 Å². The lowest BCUT2D eigenvalue weighted by molar-refractivity contribution is 0.692. The van der Waals surface area contributed by atoms with E-state index < -0.39 is 0 Å². The molecule has 0 radical (unpaired) electrons. The summed E-state index contributed by atoms with van der Waals surface area (Å²) >= 11 is 0. The van der Waals surface area contributed by atoms with E-state index >= 15 is 0 Å². The molecule has 0 atom stereocenters. The summed E-state index contributed by atoms with van der Waals surface area (Å²) in [7, 11) is 0. The highest BCUT2D eigenvalue weighted by Gasteiger charge is 2.30. The highest BCUT2D eigenvalue weighted by atomic mass is 14.3. The van der Waals surface area contributed by atoms with E-state index in [1.165, 1.54) is 27.8 Å². The number of hydrogen-bond acceptors (Lipinski definition) is 0. The largest absolute Gasteiger partial charge is 0.0622 e. The Hall–Kier alpha value is -3.12. The highest BCUT2D eigenvalue weighted by Crippen LogP contribution is 2.39. The second-order valence-corrected chi connectivity index (χ2v) is 6.80. The van der Waals surface area contributed by atoms with E-state index in [-0.39, 0.29) is 5.41 Å². The maximum Gasteiger partial charge on any atom is 0.0423 e. The fourth-order valence-electron chi connectivity index (χ4n) is 3.67. The van der Waals surface area contributed by atoms with Crippen molar-refractivity contribution in [1.82, 2.24) is 0 Å². The molecule has 0 N–H and O–H groups in total. The van der Waals surface area contributed by atoms with E-state index in [1.54, 1.807) is 0 Å². The number of benzene rings is 4. The maximum absolute atomic E-state index is 2.31. The zero-order chi connectivity index (χ0) is 17.8. The fourth-order valence-corrected chi connectivity index (χ4v) is 3.67. The van der Waals surface area contributed by atoms with Crippen molar-refractivity contribution in [2.75, 3.05) is 0 Å². The lowest BCUT2D eigenvalue weighted by atomic mass is 9.71. The predicted molar refractivity (Wildman–Crippen MR) is 110 cm³/mol. The Morgan fingerprint density at radius 2 is 0.731 bits per heavy atom. The Bertz CT molecular complexity index is 913. The Labute approximate surface area is 155 Å². The van der Waals surface area contributed by atoms with Gasteiger partial charge < -0.3 is 0 Å². The normalized spacial score (nSPS) is 11.3. The molecule has 0 aliphatic rings. The summed E-state index contributed by atoms with van der Waals surface area (Å²) in [6.45, 7) is 2.31. The van der Waals surface area contributed by atoms with E-state index in [4.69, 9.17) is 0 Å². The molecule has 0 bridgehead atoms. The van der Waals surface area contributed by atoms with Gasteiger partial charge in [0.1, 0.15) is 0 Å². The monoisotopic (exact) mass is 334 g/mol. The average molecular weight is 334 g/mol. The zero-order valence-corrected chi connectivity index (χ0v) is 15.0. The molecule has 0 spiro atoms. The van der Waals surface area contributed by atoms with Crippen LogP contribution in [0.2, 0.25) is 0 Å². The molecule has 0 saturated heterocycles. The van der Waals surface area contributed by atoms with Crippen molar-refractivity contribution in [3.63, 3.8) is 0 Å². The Kier molecular flexibility index (Phi) is 4.41. The first-order valence-corrected chi connectivity index (χ1v) is 9.05. The van der Waals surface area contributed by atoms with Crippen LogP contribution >= 0.6 is 0 Å². The van der Waals surface area contributed by atoms with Gasteiger partial charge >= 0.3 is 0 Å². The summed E-state index contributed by atoms with van der Waals surface area (Å²) < 4.78 is 0. The van der Waals surface area contributed by atoms with Crippen molar-refractivity contribution in [2.45, 2.75) is 12.3 Å². The molecule has 4 aromatic carbocycles. The van der Waals surface area contributed by atoms with Crippen LogP contribution in [0, 0.1) is 0 Å². The molecule has 0 aliphatic heterocycles. The molecule has 0 heterocycles. The SMILES string of the molecule is CC(c1ccccc1)(c1ccccc1)c1ccc(-c2ccccc2)cc1. The van der Waals surface area contributed by atoms with E-state index in [0.717, 1.165) is 0 Å². The van der Waals surface area contributed by atoms with Gasteiger partial charge in [-0.2, -0.15) is 0 Å². The molecule has 0 aromatic heterocycles. The summed E-state index contributed by atoms with van der Waals surface area (Å²) in [6, 6.07) is 41.0. The van der Waals surface area contributed by atoms with E-state index in [1.807, 2.05) is 0 Å². The van der Waals surface area contributed by atoms with Crippen LogP contribution in [0.1, 0.15) is 23.6 Å². The molecule has 0 nitrogen and oxygen atoms in total. The van der Waals surface area contributed by atoms with Crippen LogP contribution in [-0.4, -0.2) is 0 Å². The van der Waals surface area contributed by atoms with Gasteiger partial charge in [0.2, 0.25) is 0 Å². The third-order valence-electron chi connectivity index (χ3n) is 5.27. The topological polar surface area (TPSA) is 0 Å². The Morgan fingerprint density at radius 3 is 1.19 bits per heavy atom. The molecular weight excluding hydrogens is 312 g/mol. The molecule has 0 heteroatoms. The van der Waals surface area contributed by atoms with Gasteiger partial charge in [0, 0.05) is 5.41 Å². The average Bonchev–Trinajstić information content (AvgIpc) is 2.75. The highest BCUT2D eigenvalue weighted by molar-refractivity contribution is 5.64. The predicted octanol–water partition coefficient (Wildman–Crippen LogP) is 6.71. The zero-order valence-electron chi connectivity index (χ0n) is 15.0. The van der Waals surface area contributed by atoms with Crippen molar-refractivity contribution >= 4 is 0 Å². The molecule has 4 aromatic rings. The van der Waals surface area contributed by atoms with Crippen molar-refractivity contribution in [3.8, 4) is 11.1 Å². The molecular formula is C26H22. The first-order valence-electron chi connectivity index (χ1n) is 9.05. The summed E-state index contributed by atoms with van der Waals surface area (Å²) in [5.41, 5.74) is 6.22. The van der Waals surface area contributed by atoms with E-state index in [9.17, 15) is 0 Å². The molecule has 0 fully saturated rings. The third-order valence-corrected chi connectivity index (χ3v) is 5.27. The van der Waals surface area contributed by atoms with Crippen LogP contribution in [-0.2, 0) is 5.41 Å². The fraction of sp³-hybridized carbons (Fsp3) is 0.0769. The second kappa shape index (κ2) is 7.01. The van der Waals surface area contributed by atoms with Crippen LogP contribution in [0.15, 0.2) is 115 Å². The lowest BCUT2D eigenvalue weighted by Crippen LogP contribution is -2.25. The van der Waals surface area contributed by atoms with Crippen LogP contribution in [0.3, 0.4) is 0 Å². The molecule has 126 valence electrons. The van der Waals surface area contributed by atoms with Gasteiger partial charge in [0.15, 0.2) is 0 Å². The summed E-state index contributed by atoms with van der Waals surface area (Å²) in [5, 5.41) is 0. The van der Waals surface area contributed by atoms with Gasteiger partial charge in [-0.25, -0.2) is 0 Å². The molecule has 0 amide bonds. The smallest absolute Gasteiger partial charge is 0.0423 e. The minimum Gasteiger partial charge on any atom is -0.0622 e. The van der Waals surface area contributed by atoms with Gasteiger partial charge in [-0.3, -0.25) is 0 Å². The van der Waals surface area contributed by atoms with Crippen LogP contribution in [0.4, 0.5) is 0 Å². The second-order valence-electron chi connectivity index (χ2n) is 6.80. The van der Waals surface area contributed by atoms with E-state index in [2.05, 4.69) is 122 Å². The summed E-state index contributed by atoms with van der Waals surface area (Å²) in [4.78, 5) is 0. The first-order chi connectivity index (χ1) is 12.8. The Morgan fingerprint density at radius 1 is 0.385 bits per heavy atom. The standard InChI is InChI=1S/C26H22/c1-26(23-13-7-3-8-14-23,24-15-9-4-10-16-24)25-19-17-22(18-20-25)21-11-5-2-6-12-21/h2-20H,1H3. The molecule has 0 aliphatic carbocycles. The Balaban J connectivity index is 1.83. The van der Waals surface area contributed by atoms with Crippen LogP contribution in [0.25, 0.3) is 11.1 Å². The molecule has 0 unspecified atom stereocenters. The quantitative estimate of drug-likeness (QED) is 0.364. The van der Waals surface area contributed by atoms with Crippen molar-refractivity contribution < 1.29 is 0 Å². The van der Waals surface area contributed by atoms with Gasteiger partial charge in [-0.15, -0.1) is 0 Å². The summed E-state index contributed by atoms with van der Waals surface area (Å²) in [5.74, 6) is 0. The third kappa shape index (κ3) is 2.95. The van der Waals surface area contributed by atoms with Crippen LogP contribution < -0.4 is 0 Å². The first kappa shape index (κ1) is 16.4. The minimum absolute atomic E-state index is 0.183. The van der Waals surface area contributed by atoms with E-state index in [0.29, 0.717) is 0 Å². The lowest BCUT2D eigenvalue weighted by Gasteiger charge is -2.32.